The van der Waals surface area contributed by atoms with Gasteiger partial charge < -0.3 is 14.5 Å². The standard InChI is InChI=1S/C12H21N3O2/c1-9(2)15-6-3-4-10(8-15)12-13-11(5-7-16)14-17-12/h9-10,16H,3-8H2,1-2H3. The molecule has 96 valence electrons. The number of piperidine rings is 1. The summed E-state index contributed by atoms with van der Waals surface area (Å²) in [6.07, 6.45) is 2.77. The van der Waals surface area contributed by atoms with Gasteiger partial charge in [0.25, 0.3) is 0 Å². The Hall–Kier alpha value is -0.940. The molecule has 1 aliphatic heterocycles. The Morgan fingerprint density at radius 2 is 2.35 bits per heavy atom. The summed E-state index contributed by atoms with van der Waals surface area (Å²) in [6, 6.07) is 0.567. The second-order valence-electron chi connectivity index (χ2n) is 4.95. The minimum atomic E-state index is 0.0712. The largest absolute Gasteiger partial charge is 0.396 e. The van der Waals surface area contributed by atoms with E-state index in [1.807, 2.05) is 0 Å². The van der Waals surface area contributed by atoms with Crippen LogP contribution in [0.15, 0.2) is 4.52 Å². The predicted molar refractivity (Wildman–Crippen MR) is 63.8 cm³/mol. The minimum Gasteiger partial charge on any atom is -0.396 e. The van der Waals surface area contributed by atoms with E-state index in [4.69, 9.17) is 9.63 Å². The van der Waals surface area contributed by atoms with E-state index in [1.165, 1.54) is 6.42 Å². The van der Waals surface area contributed by atoms with Crippen LogP contribution in [0, 0.1) is 0 Å². The summed E-state index contributed by atoms with van der Waals surface area (Å²) in [5.41, 5.74) is 0. The molecule has 1 N–H and O–H groups in total. The number of rotatable bonds is 4. The number of likely N-dealkylation sites (tertiary alicyclic amines) is 1. The summed E-state index contributed by atoms with van der Waals surface area (Å²) in [5.74, 6) is 1.70. The van der Waals surface area contributed by atoms with Crippen molar-refractivity contribution in [1.29, 1.82) is 0 Å². The molecule has 1 unspecified atom stereocenters. The van der Waals surface area contributed by atoms with Gasteiger partial charge in [0.2, 0.25) is 5.89 Å². The molecule has 1 aromatic heterocycles. The number of hydrogen-bond acceptors (Lipinski definition) is 5. The Balaban J connectivity index is 2.00. The van der Waals surface area contributed by atoms with Gasteiger partial charge in [-0.05, 0) is 33.2 Å². The van der Waals surface area contributed by atoms with E-state index in [0.29, 0.717) is 24.2 Å². The minimum absolute atomic E-state index is 0.0712. The normalized spacial score (nSPS) is 22.2. The first-order chi connectivity index (χ1) is 8.20. The lowest BCUT2D eigenvalue weighted by Crippen LogP contribution is -2.39. The molecule has 2 rings (SSSR count). The number of aliphatic hydroxyl groups excluding tert-OH is 1. The van der Waals surface area contributed by atoms with Crippen LogP contribution in [0.5, 0.6) is 0 Å². The third-order valence-electron chi connectivity index (χ3n) is 3.35. The van der Waals surface area contributed by atoms with Crippen LogP contribution in [0.2, 0.25) is 0 Å². The number of aromatic nitrogens is 2. The molecule has 5 nitrogen and oxygen atoms in total. The quantitative estimate of drug-likeness (QED) is 0.855. The van der Waals surface area contributed by atoms with E-state index in [-0.39, 0.29) is 6.61 Å². The van der Waals surface area contributed by atoms with E-state index >= 15 is 0 Å². The van der Waals surface area contributed by atoms with Crippen molar-refractivity contribution >= 4 is 0 Å². The average Bonchev–Trinajstić information content (AvgIpc) is 2.78. The van der Waals surface area contributed by atoms with Crippen molar-refractivity contribution in [3.8, 4) is 0 Å². The maximum absolute atomic E-state index is 8.82. The zero-order valence-electron chi connectivity index (χ0n) is 10.6. The van der Waals surface area contributed by atoms with Crippen molar-refractivity contribution in [3.63, 3.8) is 0 Å². The second kappa shape index (κ2) is 5.60. The smallest absolute Gasteiger partial charge is 0.231 e. The Morgan fingerprint density at radius 1 is 1.53 bits per heavy atom. The van der Waals surface area contributed by atoms with Crippen molar-refractivity contribution in [2.24, 2.45) is 0 Å². The molecule has 0 saturated carbocycles. The van der Waals surface area contributed by atoms with Crippen molar-refractivity contribution in [1.82, 2.24) is 15.0 Å². The first-order valence-electron chi connectivity index (χ1n) is 6.38. The van der Waals surface area contributed by atoms with Crippen LogP contribution in [-0.2, 0) is 6.42 Å². The van der Waals surface area contributed by atoms with Crippen LogP contribution >= 0.6 is 0 Å². The Morgan fingerprint density at radius 3 is 3.06 bits per heavy atom. The molecule has 1 aromatic rings. The molecule has 0 spiro atoms. The van der Waals surface area contributed by atoms with Crippen LogP contribution in [0.3, 0.4) is 0 Å². The van der Waals surface area contributed by atoms with Crippen LogP contribution < -0.4 is 0 Å². The highest BCUT2D eigenvalue weighted by Gasteiger charge is 2.26. The van der Waals surface area contributed by atoms with Crippen LogP contribution in [0.25, 0.3) is 0 Å². The van der Waals surface area contributed by atoms with Gasteiger partial charge in [0.15, 0.2) is 5.82 Å². The molecule has 0 bridgehead atoms. The molecule has 17 heavy (non-hydrogen) atoms. The lowest BCUT2D eigenvalue weighted by atomic mass is 9.97. The van der Waals surface area contributed by atoms with E-state index in [1.54, 1.807) is 0 Å². The van der Waals surface area contributed by atoms with Crippen LogP contribution in [0.1, 0.15) is 44.3 Å². The summed E-state index contributed by atoms with van der Waals surface area (Å²) in [5, 5.41) is 12.7. The SMILES string of the molecule is CC(C)N1CCCC(c2nc(CCO)no2)C1. The van der Waals surface area contributed by atoms with Crippen LogP contribution in [0.4, 0.5) is 0 Å². The summed E-state index contributed by atoms with van der Waals surface area (Å²) >= 11 is 0. The van der Waals surface area contributed by atoms with Gasteiger partial charge in [0, 0.05) is 19.0 Å². The summed E-state index contributed by atoms with van der Waals surface area (Å²) < 4.78 is 5.29. The zero-order chi connectivity index (χ0) is 12.3. The van der Waals surface area contributed by atoms with E-state index in [2.05, 4.69) is 28.9 Å². The van der Waals surface area contributed by atoms with E-state index in [0.717, 1.165) is 25.4 Å². The molecule has 1 aliphatic rings. The topological polar surface area (TPSA) is 62.4 Å². The molecule has 1 fully saturated rings. The highest BCUT2D eigenvalue weighted by atomic mass is 16.5. The fourth-order valence-electron chi connectivity index (χ4n) is 2.31. The summed E-state index contributed by atoms with van der Waals surface area (Å²) in [7, 11) is 0. The van der Waals surface area contributed by atoms with Gasteiger partial charge >= 0.3 is 0 Å². The van der Waals surface area contributed by atoms with Crippen molar-refractivity contribution in [2.75, 3.05) is 19.7 Å². The van der Waals surface area contributed by atoms with E-state index in [9.17, 15) is 0 Å². The predicted octanol–water partition coefficient (Wildman–Crippen LogP) is 1.19. The monoisotopic (exact) mass is 239 g/mol. The highest BCUT2D eigenvalue weighted by Crippen LogP contribution is 2.26. The number of aliphatic hydroxyl groups is 1. The molecular weight excluding hydrogens is 218 g/mol. The fourth-order valence-corrected chi connectivity index (χ4v) is 2.31. The molecule has 1 atom stereocenters. The lowest BCUT2D eigenvalue weighted by molar-refractivity contribution is 0.153. The van der Waals surface area contributed by atoms with Crippen LogP contribution in [-0.4, -0.2) is 45.9 Å². The third kappa shape index (κ3) is 3.04. The van der Waals surface area contributed by atoms with Gasteiger partial charge in [-0.25, -0.2) is 0 Å². The van der Waals surface area contributed by atoms with Gasteiger partial charge in [-0.2, -0.15) is 4.98 Å². The molecule has 5 heteroatoms. The fraction of sp³-hybridized carbons (Fsp3) is 0.833. The first-order valence-corrected chi connectivity index (χ1v) is 6.38. The molecule has 2 heterocycles. The van der Waals surface area contributed by atoms with Gasteiger partial charge in [-0.1, -0.05) is 5.16 Å². The summed E-state index contributed by atoms with van der Waals surface area (Å²) in [6.45, 7) is 6.66. The van der Waals surface area contributed by atoms with Crippen molar-refractivity contribution in [2.45, 2.75) is 45.1 Å². The average molecular weight is 239 g/mol. The maximum Gasteiger partial charge on any atom is 0.231 e. The third-order valence-corrected chi connectivity index (χ3v) is 3.35. The Bertz CT molecular complexity index is 351. The molecule has 0 radical (unpaired) electrons. The van der Waals surface area contributed by atoms with Gasteiger partial charge in [0.1, 0.15) is 0 Å². The molecular formula is C12H21N3O2. The Kier molecular flexibility index (Phi) is 4.12. The van der Waals surface area contributed by atoms with Gasteiger partial charge in [-0.3, -0.25) is 0 Å². The Labute approximate surface area is 102 Å². The summed E-state index contributed by atoms with van der Waals surface area (Å²) in [4.78, 5) is 6.80. The second-order valence-corrected chi connectivity index (χ2v) is 4.95. The number of hydrogen-bond donors (Lipinski definition) is 1. The zero-order valence-corrected chi connectivity index (χ0v) is 10.6. The van der Waals surface area contributed by atoms with E-state index < -0.39 is 0 Å². The molecule has 0 amide bonds. The lowest BCUT2D eigenvalue weighted by Gasteiger charge is -2.33. The van der Waals surface area contributed by atoms with Crippen molar-refractivity contribution < 1.29 is 9.63 Å². The maximum atomic E-state index is 8.82. The van der Waals surface area contributed by atoms with Gasteiger partial charge in [-0.15, -0.1) is 0 Å². The first kappa shape index (κ1) is 12.5. The molecule has 0 aromatic carbocycles. The number of nitrogens with zero attached hydrogens (tertiary/aromatic N) is 3. The van der Waals surface area contributed by atoms with Crippen molar-refractivity contribution in [3.05, 3.63) is 11.7 Å². The molecule has 0 aliphatic carbocycles. The molecule has 1 saturated heterocycles. The highest BCUT2D eigenvalue weighted by molar-refractivity contribution is 4.97. The van der Waals surface area contributed by atoms with Gasteiger partial charge in [0.05, 0.1) is 12.5 Å².